The number of aromatic nitrogens is 2. The zero-order chi connectivity index (χ0) is 11.9. The highest BCUT2D eigenvalue weighted by Crippen LogP contribution is 2.37. The lowest BCUT2D eigenvalue weighted by Crippen LogP contribution is -2.17. The molecule has 0 unspecified atom stereocenters. The second kappa shape index (κ2) is 3.88. The Hall–Kier alpha value is -1.40. The van der Waals surface area contributed by atoms with Crippen LogP contribution in [0.3, 0.4) is 0 Å². The van der Waals surface area contributed by atoms with E-state index in [2.05, 4.69) is 5.10 Å². The van der Waals surface area contributed by atoms with Crippen LogP contribution in [0.4, 0.5) is 0 Å². The summed E-state index contributed by atoms with van der Waals surface area (Å²) >= 11 is 6.92. The molecule has 7 heteroatoms. The van der Waals surface area contributed by atoms with Crippen LogP contribution in [0, 0.1) is 0 Å². The second-order valence-corrected chi connectivity index (χ2v) is 4.12. The molecule has 2 N–H and O–H groups in total. The van der Waals surface area contributed by atoms with Crippen molar-refractivity contribution in [1.82, 2.24) is 9.19 Å². The first-order valence-corrected chi connectivity index (χ1v) is 5.79. The maximum absolute atomic E-state index is 11.8. The fraction of sp³-hybridized carbons (Fsp3) is 0.111. The quantitative estimate of drug-likeness (QED) is 0.760. The van der Waals surface area contributed by atoms with Crippen LogP contribution in [-0.4, -0.2) is 25.7 Å². The minimum atomic E-state index is -0.495. The van der Waals surface area contributed by atoms with E-state index >= 15 is 0 Å². The SMILES string of the molecule is CSn1ncc2cc(O)c(O)c(Cl)c2c1=O. The normalized spacial score (nSPS) is 10.9. The van der Waals surface area contributed by atoms with E-state index in [4.69, 9.17) is 11.6 Å². The lowest BCUT2D eigenvalue weighted by molar-refractivity contribution is 0.405. The number of hydrogen-bond acceptors (Lipinski definition) is 5. The van der Waals surface area contributed by atoms with Gasteiger partial charge in [-0.05, 0) is 18.0 Å². The van der Waals surface area contributed by atoms with Gasteiger partial charge in [0.05, 0.1) is 16.6 Å². The van der Waals surface area contributed by atoms with Gasteiger partial charge in [0.2, 0.25) is 0 Å². The Bertz CT molecular complexity index is 626. The van der Waals surface area contributed by atoms with Gasteiger partial charge in [-0.1, -0.05) is 11.6 Å². The van der Waals surface area contributed by atoms with Crippen molar-refractivity contribution in [2.45, 2.75) is 0 Å². The van der Waals surface area contributed by atoms with Crippen LogP contribution in [0.25, 0.3) is 10.8 Å². The van der Waals surface area contributed by atoms with E-state index < -0.39 is 11.3 Å². The van der Waals surface area contributed by atoms with E-state index in [1.165, 1.54) is 12.3 Å². The van der Waals surface area contributed by atoms with Crippen LogP contribution < -0.4 is 5.56 Å². The molecule has 84 valence electrons. The number of fused-ring (bicyclic) bond motifs is 1. The Morgan fingerprint density at radius 3 is 2.81 bits per heavy atom. The van der Waals surface area contributed by atoms with Gasteiger partial charge < -0.3 is 10.2 Å². The highest BCUT2D eigenvalue weighted by atomic mass is 35.5. The molecule has 0 saturated carbocycles. The standard InChI is InChI=1S/C9H7ClN2O3S/c1-16-12-9(15)6-4(3-11-12)2-5(13)8(14)7(6)10/h2-3,13-14H,1H3. The maximum Gasteiger partial charge on any atom is 0.286 e. The zero-order valence-corrected chi connectivity index (χ0v) is 9.71. The van der Waals surface area contributed by atoms with Gasteiger partial charge >= 0.3 is 0 Å². The number of hydrogen-bond donors (Lipinski definition) is 2. The van der Waals surface area contributed by atoms with Crippen molar-refractivity contribution in [3.05, 3.63) is 27.6 Å². The molecule has 0 amide bonds. The monoisotopic (exact) mass is 258 g/mol. The number of phenols is 2. The van der Waals surface area contributed by atoms with E-state index in [0.29, 0.717) is 5.39 Å². The molecule has 5 nitrogen and oxygen atoms in total. The predicted molar refractivity (Wildman–Crippen MR) is 63.3 cm³/mol. The first-order valence-electron chi connectivity index (χ1n) is 4.23. The van der Waals surface area contributed by atoms with E-state index in [0.717, 1.165) is 16.0 Å². The third-order valence-electron chi connectivity index (χ3n) is 2.11. The molecule has 16 heavy (non-hydrogen) atoms. The Labute approximate surface area is 99.4 Å². The Balaban J connectivity index is 2.99. The Morgan fingerprint density at radius 1 is 1.50 bits per heavy atom. The van der Waals surface area contributed by atoms with Crippen molar-refractivity contribution in [1.29, 1.82) is 0 Å². The van der Waals surface area contributed by atoms with E-state index in [1.807, 2.05) is 0 Å². The van der Waals surface area contributed by atoms with Gasteiger partial charge in [0, 0.05) is 11.6 Å². The van der Waals surface area contributed by atoms with Gasteiger partial charge in [0.1, 0.15) is 0 Å². The number of phenolic OH excluding ortho intramolecular Hbond substituents is 2. The molecule has 1 heterocycles. The molecule has 2 aromatic rings. The van der Waals surface area contributed by atoms with Gasteiger partial charge in [0.15, 0.2) is 11.5 Å². The summed E-state index contributed by atoms with van der Waals surface area (Å²) in [5, 5.41) is 23.0. The van der Waals surface area contributed by atoms with Gasteiger partial charge in [-0.25, -0.2) is 0 Å². The summed E-state index contributed by atoms with van der Waals surface area (Å²) in [7, 11) is 0. The van der Waals surface area contributed by atoms with Crippen molar-refractivity contribution < 1.29 is 10.2 Å². The number of nitrogens with zero attached hydrogens (tertiary/aromatic N) is 2. The van der Waals surface area contributed by atoms with Gasteiger partial charge in [-0.3, -0.25) is 4.79 Å². The van der Waals surface area contributed by atoms with Gasteiger partial charge in [0.25, 0.3) is 5.56 Å². The van der Waals surface area contributed by atoms with Crippen molar-refractivity contribution >= 4 is 34.3 Å². The van der Waals surface area contributed by atoms with E-state index in [-0.39, 0.29) is 16.2 Å². The molecule has 0 aliphatic carbocycles. The topological polar surface area (TPSA) is 75.3 Å². The Morgan fingerprint density at radius 2 is 2.19 bits per heavy atom. The highest BCUT2D eigenvalue weighted by Gasteiger charge is 2.14. The highest BCUT2D eigenvalue weighted by molar-refractivity contribution is 7.97. The van der Waals surface area contributed by atoms with Gasteiger partial charge in [-0.2, -0.15) is 9.19 Å². The molecule has 0 spiro atoms. The molecule has 2 rings (SSSR count). The summed E-state index contributed by atoms with van der Waals surface area (Å²) in [6.45, 7) is 0. The van der Waals surface area contributed by atoms with Gasteiger partial charge in [-0.15, -0.1) is 0 Å². The smallest absolute Gasteiger partial charge is 0.286 e. The first kappa shape index (κ1) is 11.1. The molecule has 0 atom stereocenters. The number of halogens is 1. The van der Waals surface area contributed by atoms with Crippen molar-refractivity contribution in [2.75, 3.05) is 6.26 Å². The number of benzene rings is 1. The third kappa shape index (κ3) is 1.50. The molecule has 0 bridgehead atoms. The van der Waals surface area contributed by atoms with Crippen LogP contribution in [0.5, 0.6) is 11.5 Å². The van der Waals surface area contributed by atoms with Crippen LogP contribution in [0.15, 0.2) is 17.1 Å². The molecule has 0 fully saturated rings. The molecule has 0 aliphatic heterocycles. The Kier molecular flexibility index (Phi) is 2.69. The summed E-state index contributed by atoms with van der Waals surface area (Å²) in [6, 6.07) is 1.25. The summed E-state index contributed by atoms with van der Waals surface area (Å²) < 4.78 is 1.14. The fourth-order valence-electron chi connectivity index (χ4n) is 1.36. The van der Waals surface area contributed by atoms with Crippen LogP contribution in [-0.2, 0) is 0 Å². The molecule has 0 saturated heterocycles. The average Bonchev–Trinajstić information content (AvgIpc) is 2.26. The third-order valence-corrected chi connectivity index (χ3v) is 3.09. The second-order valence-electron chi connectivity index (χ2n) is 3.03. The van der Waals surface area contributed by atoms with Crippen molar-refractivity contribution in [3.8, 4) is 11.5 Å². The minimum Gasteiger partial charge on any atom is -0.504 e. The average molecular weight is 259 g/mol. The lowest BCUT2D eigenvalue weighted by Gasteiger charge is -2.06. The summed E-state index contributed by atoms with van der Waals surface area (Å²) in [5.41, 5.74) is -0.426. The van der Waals surface area contributed by atoms with E-state index in [9.17, 15) is 15.0 Å². The summed E-state index contributed by atoms with van der Waals surface area (Å²) in [6.07, 6.45) is 3.09. The molecule has 0 radical (unpaired) electrons. The molecule has 0 aliphatic rings. The van der Waals surface area contributed by atoms with Crippen LogP contribution in [0.2, 0.25) is 5.02 Å². The first-order chi connectivity index (χ1) is 7.56. The van der Waals surface area contributed by atoms with Crippen molar-refractivity contribution in [3.63, 3.8) is 0 Å². The lowest BCUT2D eigenvalue weighted by atomic mass is 10.2. The molecular formula is C9H7ClN2O3S. The number of aromatic hydroxyl groups is 2. The maximum atomic E-state index is 11.8. The van der Waals surface area contributed by atoms with E-state index in [1.54, 1.807) is 6.26 Å². The zero-order valence-electron chi connectivity index (χ0n) is 8.14. The summed E-state index contributed by atoms with van der Waals surface area (Å²) in [4.78, 5) is 11.8. The predicted octanol–water partition coefficient (Wildman–Crippen LogP) is 1.59. The number of rotatable bonds is 1. The summed E-state index contributed by atoms with van der Waals surface area (Å²) in [5.74, 6) is -0.870. The molecule has 1 aromatic heterocycles. The molecule has 1 aromatic carbocycles. The fourth-order valence-corrected chi connectivity index (χ4v) is 2.04. The van der Waals surface area contributed by atoms with Crippen LogP contribution >= 0.6 is 23.5 Å². The van der Waals surface area contributed by atoms with Crippen molar-refractivity contribution in [2.24, 2.45) is 0 Å². The minimum absolute atomic E-state index is 0.140. The largest absolute Gasteiger partial charge is 0.504 e. The molecular weight excluding hydrogens is 252 g/mol. The van der Waals surface area contributed by atoms with Crippen LogP contribution in [0.1, 0.15) is 0 Å².